The maximum atomic E-state index is 5.92. The van der Waals surface area contributed by atoms with Gasteiger partial charge in [0, 0.05) is 18.0 Å². The SMILES string of the molecule is CCC(CNCc1cccs1)Oc1ccccc1. The maximum absolute atomic E-state index is 5.92. The molecule has 0 fully saturated rings. The minimum Gasteiger partial charge on any atom is -0.489 e. The van der Waals surface area contributed by atoms with Gasteiger partial charge >= 0.3 is 0 Å². The molecular weight excluding hydrogens is 242 g/mol. The Morgan fingerprint density at radius 3 is 2.67 bits per heavy atom. The number of hydrogen-bond acceptors (Lipinski definition) is 3. The Balaban J connectivity index is 1.75. The second kappa shape index (κ2) is 7.19. The summed E-state index contributed by atoms with van der Waals surface area (Å²) < 4.78 is 5.92. The van der Waals surface area contributed by atoms with Crippen LogP contribution in [0.5, 0.6) is 5.75 Å². The number of thiophene rings is 1. The lowest BCUT2D eigenvalue weighted by Crippen LogP contribution is -2.30. The van der Waals surface area contributed by atoms with Crippen molar-refractivity contribution in [2.75, 3.05) is 6.54 Å². The second-order valence-corrected chi connectivity index (χ2v) is 5.20. The van der Waals surface area contributed by atoms with Gasteiger partial charge in [0.15, 0.2) is 0 Å². The molecular formula is C15H19NOS. The van der Waals surface area contributed by atoms with Crippen LogP contribution < -0.4 is 10.1 Å². The summed E-state index contributed by atoms with van der Waals surface area (Å²) in [6.45, 7) is 3.95. The number of nitrogens with one attached hydrogen (secondary N) is 1. The summed E-state index contributed by atoms with van der Waals surface area (Å²) in [5, 5.41) is 5.55. The van der Waals surface area contributed by atoms with E-state index in [0.717, 1.165) is 25.3 Å². The van der Waals surface area contributed by atoms with Gasteiger partial charge in [-0.2, -0.15) is 0 Å². The zero-order chi connectivity index (χ0) is 12.6. The zero-order valence-corrected chi connectivity index (χ0v) is 11.5. The van der Waals surface area contributed by atoms with Gasteiger partial charge in [-0.25, -0.2) is 0 Å². The first kappa shape index (κ1) is 13.1. The molecule has 0 aliphatic carbocycles. The first-order chi connectivity index (χ1) is 8.88. The standard InChI is InChI=1S/C15H19NOS/c1-2-13(17-14-7-4-3-5-8-14)11-16-12-15-9-6-10-18-15/h3-10,13,16H,2,11-12H2,1H3. The summed E-state index contributed by atoms with van der Waals surface area (Å²) in [6, 6.07) is 14.2. The quantitative estimate of drug-likeness (QED) is 0.820. The number of hydrogen-bond donors (Lipinski definition) is 1. The van der Waals surface area contributed by atoms with E-state index in [1.54, 1.807) is 11.3 Å². The molecule has 0 aliphatic rings. The van der Waals surface area contributed by atoms with E-state index in [9.17, 15) is 0 Å². The molecule has 1 aromatic heterocycles. The van der Waals surface area contributed by atoms with E-state index in [0.29, 0.717) is 0 Å². The van der Waals surface area contributed by atoms with Crippen LogP contribution in [0.25, 0.3) is 0 Å². The van der Waals surface area contributed by atoms with Crippen molar-refractivity contribution >= 4 is 11.3 Å². The number of para-hydroxylation sites is 1. The molecule has 96 valence electrons. The van der Waals surface area contributed by atoms with Crippen molar-refractivity contribution in [1.82, 2.24) is 5.32 Å². The minimum atomic E-state index is 0.229. The Kier molecular flexibility index (Phi) is 5.24. The molecule has 0 radical (unpaired) electrons. The Labute approximate surface area is 113 Å². The number of rotatable bonds is 7. The molecule has 1 N–H and O–H groups in total. The molecule has 2 aromatic rings. The maximum Gasteiger partial charge on any atom is 0.119 e. The fourth-order valence-electron chi connectivity index (χ4n) is 1.73. The monoisotopic (exact) mass is 261 g/mol. The van der Waals surface area contributed by atoms with Crippen LogP contribution in [0.1, 0.15) is 18.2 Å². The Bertz CT molecular complexity index is 427. The highest BCUT2D eigenvalue weighted by atomic mass is 32.1. The highest BCUT2D eigenvalue weighted by Crippen LogP contribution is 2.12. The average Bonchev–Trinajstić information content (AvgIpc) is 2.92. The van der Waals surface area contributed by atoms with Gasteiger partial charge in [-0.1, -0.05) is 31.2 Å². The molecule has 0 saturated carbocycles. The number of benzene rings is 1. The molecule has 0 bridgehead atoms. The van der Waals surface area contributed by atoms with Gasteiger partial charge in [0.1, 0.15) is 11.9 Å². The van der Waals surface area contributed by atoms with Crippen molar-refractivity contribution in [3.05, 3.63) is 52.7 Å². The molecule has 1 unspecified atom stereocenters. The first-order valence-electron chi connectivity index (χ1n) is 6.33. The molecule has 1 atom stereocenters. The summed E-state index contributed by atoms with van der Waals surface area (Å²) in [5.74, 6) is 0.947. The first-order valence-corrected chi connectivity index (χ1v) is 7.21. The topological polar surface area (TPSA) is 21.3 Å². The van der Waals surface area contributed by atoms with Crippen LogP contribution >= 0.6 is 11.3 Å². The van der Waals surface area contributed by atoms with Crippen molar-refractivity contribution in [3.8, 4) is 5.75 Å². The fourth-order valence-corrected chi connectivity index (χ4v) is 2.40. The molecule has 0 spiro atoms. The van der Waals surface area contributed by atoms with Gasteiger partial charge in [-0.05, 0) is 30.0 Å². The molecule has 0 saturated heterocycles. The van der Waals surface area contributed by atoms with E-state index < -0.39 is 0 Å². The summed E-state index contributed by atoms with van der Waals surface area (Å²) in [6.07, 6.45) is 1.24. The molecule has 1 aromatic carbocycles. The zero-order valence-electron chi connectivity index (χ0n) is 10.6. The van der Waals surface area contributed by atoms with Gasteiger partial charge in [0.05, 0.1) is 0 Å². The summed E-state index contributed by atoms with van der Waals surface area (Å²) in [5.41, 5.74) is 0. The van der Waals surface area contributed by atoms with Crippen LogP contribution in [0.4, 0.5) is 0 Å². The van der Waals surface area contributed by atoms with E-state index in [-0.39, 0.29) is 6.10 Å². The third-order valence-electron chi connectivity index (χ3n) is 2.75. The molecule has 1 heterocycles. The fraction of sp³-hybridized carbons (Fsp3) is 0.333. The van der Waals surface area contributed by atoms with Gasteiger partial charge in [0.25, 0.3) is 0 Å². The molecule has 0 aliphatic heterocycles. The molecule has 0 amide bonds. The smallest absolute Gasteiger partial charge is 0.119 e. The van der Waals surface area contributed by atoms with E-state index in [2.05, 4.69) is 29.8 Å². The molecule has 3 heteroatoms. The summed E-state index contributed by atoms with van der Waals surface area (Å²) >= 11 is 1.78. The average molecular weight is 261 g/mol. The third kappa shape index (κ3) is 4.17. The largest absolute Gasteiger partial charge is 0.489 e. The highest BCUT2D eigenvalue weighted by Gasteiger charge is 2.07. The highest BCUT2D eigenvalue weighted by molar-refractivity contribution is 7.09. The Morgan fingerprint density at radius 1 is 1.17 bits per heavy atom. The van der Waals surface area contributed by atoms with Gasteiger partial charge in [-0.15, -0.1) is 11.3 Å². The van der Waals surface area contributed by atoms with Crippen LogP contribution in [0.2, 0.25) is 0 Å². The van der Waals surface area contributed by atoms with Crippen molar-refractivity contribution in [2.45, 2.75) is 26.0 Å². The predicted molar refractivity (Wildman–Crippen MR) is 77.2 cm³/mol. The van der Waals surface area contributed by atoms with Gasteiger partial charge in [-0.3, -0.25) is 0 Å². The second-order valence-electron chi connectivity index (χ2n) is 4.17. The predicted octanol–water partition coefficient (Wildman–Crippen LogP) is 3.70. The molecule has 2 nitrogen and oxygen atoms in total. The van der Waals surface area contributed by atoms with E-state index in [4.69, 9.17) is 4.74 Å². The van der Waals surface area contributed by atoms with Crippen LogP contribution in [0.3, 0.4) is 0 Å². The van der Waals surface area contributed by atoms with Crippen LogP contribution in [0.15, 0.2) is 47.8 Å². The third-order valence-corrected chi connectivity index (χ3v) is 3.63. The van der Waals surface area contributed by atoms with E-state index in [1.165, 1.54) is 4.88 Å². The van der Waals surface area contributed by atoms with Crippen molar-refractivity contribution in [1.29, 1.82) is 0 Å². The minimum absolute atomic E-state index is 0.229. The number of ether oxygens (including phenoxy) is 1. The summed E-state index contributed by atoms with van der Waals surface area (Å²) in [7, 11) is 0. The van der Waals surface area contributed by atoms with Crippen LogP contribution in [-0.2, 0) is 6.54 Å². The van der Waals surface area contributed by atoms with Gasteiger partial charge in [0.2, 0.25) is 0 Å². The lowest BCUT2D eigenvalue weighted by atomic mass is 10.2. The van der Waals surface area contributed by atoms with Crippen molar-refractivity contribution in [2.24, 2.45) is 0 Å². The summed E-state index contributed by atoms with van der Waals surface area (Å²) in [4.78, 5) is 1.37. The Morgan fingerprint density at radius 2 is 2.00 bits per heavy atom. The van der Waals surface area contributed by atoms with E-state index >= 15 is 0 Å². The van der Waals surface area contributed by atoms with Crippen molar-refractivity contribution < 1.29 is 4.74 Å². The lowest BCUT2D eigenvalue weighted by Gasteiger charge is -2.18. The van der Waals surface area contributed by atoms with Gasteiger partial charge < -0.3 is 10.1 Å². The lowest BCUT2D eigenvalue weighted by molar-refractivity contribution is 0.193. The normalized spacial score (nSPS) is 12.3. The van der Waals surface area contributed by atoms with Crippen LogP contribution in [0, 0.1) is 0 Å². The van der Waals surface area contributed by atoms with Crippen LogP contribution in [-0.4, -0.2) is 12.6 Å². The molecule has 2 rings (SSSR count). The Hall–Kier alpha value is -1.32. The molecule has 18 heavy (non-hydrogen) atoms. The van der Waals surface area contributed by atoms with Crippen molar-refractivity contribution in [3.63, 3.8) is 0 Å². The van der Waals surface area contributed by atoms with E-state index in [1.807, 2.05) is 30.3 Å².